The van der Waals surface area contributed by atoms with Crippen molar-refractivity contribution in [3.05, 3.63) is 0 Å². The number of ether oxygens (including phenoxy) is 7. The van der Waals surface area contributed by atoms with Crippen molar-refractivity contribution in [2.24, 2.45) is 0 Å². The molecule has 4 aliphatic rings. The zero-order valence-electron chi connectivity index (χ0n) is 23.5. The molecule has 21 nitrogen and oxygen atoms in total. The fourth-order valence-electron chi connectivity index (χ4n) is 5.44. The van der Waals surface area contributed by atoms with Crippen LogP contribution in [0.25, 0.3) is 0 Å². The van der Waals surface area contributed by atoms with Gasteiger partial charge in [-0.15, -0.1) is 0 Å². The molecule has 4 rings (SSSR count). The molecule has 264 valence electrons. The largest absolute Gasteiger partial charge is 0.394 e. The Kier molecular flexibility index (Phi) is 12.8. The predicted octanol–water partition coefficient (Wildman–Crippen LogP) is -9.75. The second-order valence-electron chi connectivity index (χ2n) is 11.2. The average molecular weight is 667 g/mol. The Balaban J connectivity index is 1.41. The maximum absolute atomic E-state index is 10.9. The zero-order valence-corrected chi connectivity index (χ0v) is 23.5. The summed E-state index contributed by atoms with van der Waals surface area (Å²) < 4.78 is 37.5. The summed E-state index contributed by atoms with van der Waals surface area (Å²) in [6.07, 6.45) is -35.0. The highest BCUT2D eigenvalue weighted by atomic mass is 16.8. The number of aliphatic hydroxyl groups excluding tert-OH is 14. The van der Waals surface area contributed by atoms with E-state index in [2.05, 4.69) is 0 Å². The molecular weight excluding hydrogens is 624 g/mol. The summed E-state index contributed by atoms with van der Waals surface area (Å²) in [4.78, 5) is 0. The van der Waals surface area contributed by atoms with E-state index < -0.39 is 149 Å². The smallest absolute Gasteiger partial charge is 0.187 e. The van der Waals surface area contributed by atoms with E-state index in [1.54, 1.807) is 0 Å². The molecule has 0 radical (unpaired) electrons. The topological polar surface area (TPSA) is 348 Å². The van der Waals surface area contributed by atoms with Crippen molar-refractivity contribution >= 4 is 0 Å². The van der Waals surface area contributed by atoms with Crippen LogP contribution in [0.2, 0.25) is 0 Å². The summed E-state index contributed by atoms with van der Waals surface area (Å²) >= 11 is 0. The molecule has 0 amide bonds. The molecule has 0 saturated carbocycles. The number of hydrogen-bond acceptors (Lipinski definition) is 21. The molecule has 4 saturated heterocycles. The molecule has 0 aliphatic carbocycles. The van der Waals surface area contributed by atoms with Crippen molar-refractivity contribution in [3.63, 3.8) is 0 Å². The molecule has 4 heterocycles. The SMILES string of the molecule is OC[C@H]1O[C@@H](OC[C@H]2O[C@@H](O[C@H]3[C@H](O)[C@H](O)[C@H](O[C@H]4[C@H](O)[C@H](O)C(O)O[C@@H]4CO)O[C@@H]3CO)[C@@H](O)[C@@H](O)[C@@H]2O)[C@H](O)[C@@H](O)[C@H]1O. The van der Waals surface area contributed by atoms with Gasteiger partial charge in [0.05, 0.1) is 26.4 Å². The lowest BCUT2D eigenvalue weighted by atomic mass is 9.96. The summed E-state index contributed by atoms with van der Waals surface area (Å²) in [6, 6.07) is 0. The molecule has 4 fully saturated rings. The van der Waals surface area contributed by atoms with Gasteiger partial charge in [-0.1, -0.05) is 0 Å². The summed E-state index contributed by atoms with van der Waals surface area (Å²) in [7, 11) is 0. The standard InChI is InChI=1S/C24H42O21/c25-1-5-9(28)11(30)16(35)22(41-5)39-4-8-10(29)12(31)17(36)23(43-8)45-20-7(3-27)42-24(18(37)14(20)33)44-19-6(2-26)40-21(38)15(34)13(19)32/h5-38H,1-4H2/t5-,6-,7-,8-,9+,10-,11+,12+,13-,14-,15+,16-,17+,18+,19-,20-,21?,22-,23+,24+/m1/s1. The van der Waals surface area contributed by atoms with Crippen molar-refractivity contribution in [3.8, 4) is 0 Å². The third-order valence-corrected chi connectivity index (χ3v) is 8.18. The molecule has 0 spiro atoms. The Hall–Kier alpha value is -0.840. The molecule has 0 aromatic heterocycles. The van der Waals surface area contributed by atoms with Gasteiger partial charge in [0.25, 0.3) is 0 Å². The Bertz CT molecular complexity index is 912. The van der Waals surface area contributed by atoms with E-state index >= 15 is 0 Å². The molecule has 45 heavy (non-hydrogen) atoms. The summed E-state index contributed by atoms with van der Waals surface area (Å²) in [6.45, 7) is -3.14. The van der Waals surface area contributed by atoms with Crippen LogP contribution in [0.3, 0.4) is 0 Å². The molecule has 0 aromatic rings. The van der Waals surface area contributed by atoms with Crippen molar-refractivity contribution in [1.29, 1.82) is 0 Å². The van der Waals surface area contributed by atoms with Crippen LogP contribution in [0.15, 0.2) is 0 Å². The Morgan fingerprint density at radius 2 is 0.778 bits per heavy atom. The van der Waals surface area contributed by atoms with Crippen LogP contribution in [-0.4, -0.2) is 221 Å². The molecule has 21 heteroatoms. The lowest BCUT2D eigenvalue weighted by molar-refractivity contribution is -0.380. The van der Waals surface area contributed by atoms with Gasteiger partial charge in [0, 0.05) is 0 Å². The van der Waals surface area contributed by atoms with Gasteiger partial charge in [-0.3, -0.25) is 0 Å². The minimum Gasteiger partial charge on any atom is -0.394 e. The molecule has 0 bridgehead atoms. The van der Waals surface area contributed by atoms with Crippen LogP contribution in [0.5, 0.6) is 0 Å². The number of aliphatic hydroxyl groups is 14. The van der Waals surface area contributed by atoms with Crippen LogP contribution in [0.1, 0.15) is 0 Å². The van der Waals surface area contributed by atoms with Crippen molar-refractivity contribution < 1.29 is 105 Å². The van der Waals surface area contributed by atoms with Crippen LogP contribution in [0.4, 0.5) is 0 Å². The highest BCUT2D eigenvalue weighted by Gasteiger charge is 2.53. The number of hydrogen-bond donors (Lipinski definition) is 14. The molecule has 14 N–H and O–H groups in total. The lowest BCUT2D eigenvalue weighted by Gasteiger charge is -2.48. The minimum atomic E-state index is -2.00. The predicted molar refractivity (Wildman–Crippen MR) is 134 cm³/mol. The molecular formula is C24H42O21. The van der Waals surface area contributed by atoms with E-state index in [0.717, 1.165) is 0 Å². The van der Waals surface area contributed by atoms with Crippen LogP contribution < -0.4 is 0 Å². The maximum atomic E-state index is 10.9. The van der Waals surface area contributed by atoms with E-state index in [-0.39, 0.29) is 0 Å². The first-order valence-corrected chi connectivity index (χ1v) is 14.1. The molecule has 4 aliphatic heterocycles. The van der Waals surface area contributed by atoms with Gasteiger partial charge in [0.2, 0.25) is 0 Å². The highest BCUT2D eigenvalue weighted by Crippen LogP contribution is 2.32. The normalized spacial score (nSPS) is 52.9. The van der Waals surface area contributed by atoms with Gasteiger partial charge >= 0.3 is 0 Å². The monoisotopic (exact) mass is 666 g/mol. The van der Waals surface area contributed by atoms with Crippen molar-refractivity contribution in [2.75, 3.05) is 26.4 Å². The third-order valence-electron chi connectivity index (χ3n) is 8.18. The summed E-state index contributed by atoms with van der Waals surface area (Å²) in [5, 5.41) is 142. The maximum Gasteiger partial charge on any atom is 0.187 e. The van der Waals surface area contributed by atoms with Crippen LogP contribution in [0, 0.1) is 0 Å². The van der Waals surface area contributed by atoms with Gasteiger partial charge in [-0.25, -0.2) is 0 Å². The first-order chi connectivity index (χ1) is 21.2. The Labute approximate surface area is 254 Å². The van der Waals surface area contributed by atoms with Gasteiger partial charge < -0.3 is 105 Å². The van der Waals surface area contributed by atoms with E-state index in [1.165, 1.54) is 0 Å². The fourth-order valence-corrected chi connectivity index (χ4v) is 5.44. The Morgan fingerprint density at radius 3 is 1.31 bits per heavy atom. The first-order valence-electron chi connectivity index (χ1n) is 14.1. The molecule has 0 aromatic carbocycles. The summed E-state index contributed by atoms with van der Waals surface area (Å²) in [5.74, 6) is 0. The summed E-state index contributed by atoms with van der Waals surface area (Å²) in [5.41, 5.74) is 0. The first kappa shape index (κ1) is 37.0. The second-order valence-corrected chi connectivity index (χ2v) is 11.2. The van der Waals surface area contributed by atoms with Gasteiger partial charge in [0.1, 0.15) is 97.7 Å². The Morgan fingerprint density at radius 1 is 0.378 bits per heavy atom. The quantitative estimate of drug-likeness (QED) is 0.103. The van der Waals surface area contributed by atoms with Crippen LogP contribution >= 0.6 is 0 Å². The average Bonchev–Trinajstić information content (AvgIpc) is 3.03. The van der Waals surface area contributed by atoms with Crippen molar-refractivity contribution in [1.82, 2.24) is 0 Å². The molecule has 20 atom stereocenters. The van der Waals surface area contributed by atoms with Crippen LogP contribution in [-0.2, 0) is 33.2 Å². The fraction of sp³-hybridized carbons (Fsp3) is 1.00. The van der Waals surface area contributed by atoms with Gasteiger partial charge in [-0.2, -0.15) is 0 Å². The minimum absolute atomic E-state index is 0.683. The van der Waals surface area contributed by atoms with Gasteiger partial charge in [0.15, 0.2) is 25.2 Å². The molecule has 1 unspecified atom stereocenters. The van der Waals surface area contributed by atoms with E-state index in [0.29, 0.717) is 0 Å². The van der Waals surface area contributed by atoms with Crippen molar-refractivity contribution in [2.45, 2.75) is 123 Å². The van der Waals surface area contributed by atoms with Gasteiger partial charge in [-0.05, 0) is 0 Å². The zero-order chi connectivity index (χ0) is 33.3. The second kappa shape index (κ2) is 15.6. The number of rotatable bonds is 10. The van der Waals surface area contributed by atoms with E-state index in [9.17, 15) is 71.5 Å². The highest BCUT2D eigenvalue weighted by molar-refractivity contribution is 4.96. The van der Waals surface area contributed by atoms with E-state index in [4.69, 9.17) is 33.2 Å². The third kappa shape index (κ3) is 7.59. The van der Waals surface area contributed by atoms with E-state index in [1.807, 2.05) is 0 Å². The lowest BCUT2D eigenvalue weighted by Crippen LogP contribution is -2.66.